The second-order valence-corrected chi connectivity index (χ2v) is 4.20. The van der Waals surface area contributed by atoms with Gasteiger partial charge in [-0.15, -0.1) is 0 Å². The average Bonchev–Trinajstić information content (AvgIpc) is 2.75. The third-order valence-electron chi connectivity index (χ3n) is 2.81. The lowest BCUT2D eigenvalue weighted by Gasteiger charge is -2.04. The van der Waals surface area contributed by atoms with Crippen molar-refractivity contribution in [1.82, 2.24) is 9.78 Å². The van der Waals surface area contributed by atoms with Crippen LogP contribution in [0.2, 0.25) is 5.15 Å². The highest BCUT2D eigenvalue weighted by molar-refractivity contribution is 6.30. The standard InChI is InChI=1S/C13H15ClN2O2/c1-3-12-11(8-17)13(14)16(15-12)9-4-6-10(18-2)7-5-9/h4-7,17H,3,8H2,1-2H3. The van der Waals surface area contributed by atoms with Crippen LogP contribution in [-0.2, 0) is 13.0 Å². The predicted octanol–water partition coefficient (Wildman–Crippen LogP) is 2.59. The molecule has 5 heteroatoms. The second-order valence-electron chi connectivity index (χ2n) is 3.84. The average molecular weight is 267 g/mol. The van der Waals surface area contributed by atoms with Gasteiger partial charge in [-0.25, -0.2) is 4.68 Å². The minimum Gasteiger partial charge on any atom is -0.497 e. The van der Waals surface area contributed by atoms with Crippen molar-refractivity contribution in [1.29, 1.82) is 0 Å². The van der Waals surface area contributed by atoms with Crippen molar-refractivity contribution in [3.8, 4) is 11.4 Å². The molecule has 2 rings (SSSR count). The van der Waals surface area contributed by atoms with Gasteiger partial charge in [-0.2, -0.15) is 5.10 Å². The molecule has 96 valence electrons. The lowest BCUT2D eigenvalue weighted by atomic mass is 10.2. The maximum Gasteiger partial charge on any atom is 0.138 e. The number of benzene rings is 1. The van der Waals surface area contributed by atoms with Crippen LogP contribution in [0, 0.1) is 0 Å². The zero-order chi connectivity index (χ0) is 13.1. The summed E-state index contributed by atoms with van der Waals surface area (Å²) < 4.78 is 6.73. The highest BCUT2D eigenvalue weighted by Gasteiger charge is 2.15. The van der Waals surface area contributed by atoms with Crippen LogP contribution in [0.25, 0.3) is 5.69 Å². The summed E-state index contributed by atoms with van der Waals surface area (Å²) >= 11 is 6.23. The van der Waals surface area contributed by atoms with Gasteiger partial charge in [0.25, 0.3) is 0 Å². The highest BCUT2D eigenvalue weighted by Crippen LogP contribution is 2.25. The van der Waals surface area contributed by atoms with Gasteiger partial charge in [0.05, 0.1) is 25.1 Å². The van der Waals surface area contributed by atoms with Gasteiger partial charge in [0.2, 0.25) is 0 Å². The molecule has 18 heavy (non-hydrogen) atoms. The number of aromatic nitrogens is 2. The largest absolute Gasteiger partial charge is 0.497 e. The van der Waals surface area contributed by atoms with E-state index in [2.05, 4.69) is 5.10 Å². The Balaban J connectivity index is 2.46. The lowest BCUT2D eigenvalue weighted by Crippen LogP contribution is -1.97. The first-order valence-electron chi connectivity index (χ1n) is 5.72. The Morgan fingerprint density at radius 2 is 2.00 bits per heavy atom. The van der Waals surface area contributed by atoms with E-state index in [0.717, 1.165) is 23.6 Å². The number of nitrogens with zero attached hydrogens (tertiary/aromatic N) is 2. The molecule has 1 aromatic heterocycles. The third kappa shape index (κ3) is 2.21. The monoisotopic (exact) mass is 266 g/mol. The first-order chi connectivity index (χ1) is 8.71. The van der Waals surface area contributed by atoms with E-state index in [4.69, 9.17) is 16.3 Å². The molecule has 4 nitrogen and oxygen atoms in total. The van der Waals surface area contributed by atoms with Crippen LogP contribution in [0.15, 0.2) is 24.3 Å². The van der Waals surface area contributed by atoms with Crippen LogP contribution >= 0.6 is 11.6 Å². The zero-order valence-electron chi connectivity index (χ0n) is 10.4. The summed E-state index contributed by atoms with van der Waals surface area (Å²) in [5.41, 5.74) is 2.35. The Morgan fingerprint density at radius 1 is 1.33 bits per heavy atom. The molecule has 0 aliphatic rings. The van der Waals surface area contributed by atoms with E-state index in [1.807, 2.05) is 31.2 Å². The summed E-state index contributed by atoms with van der Waals surface area (Å²) in [5, 5.41) is 14.2. The van der Waals surface area contributed by atoms with Gasteiger partial charge in [0.1, 0.15) is 10.9 Å². The SMILES string of the molecule is CCc1nn(-c2ccc(OC)cc2)c(Cl)c1CO. The summed E-state index contributed by atoms with van der Waals surface area (Å²) in [4.78, 5) is 0. The van der Waals surface area contributed by atoms with Crippen molar-refractivity contribution in [2.75, 3.05) is 7.11 Å². The van der Waals surface area contributed by atoms with Crippen molar-refractivity contribution >= 4 is 11.6 Å². The van der Waals surface area contributed by atoms with Crippen molar-refractivity contribution in [2.24, 2.45) is 0 Å². The van der Waals surface area contributed by atoms with E-state index in [9.17, 15) is 5.11 Å². The summed E-state index contributed by atoms with van der Waals surface area (Å²) in [6.07, 6.45) is 0.735. The molecule has 0 saturated heterocycles. The van der Waals surface area contributed by atoms with Crippen molar-refractivity contribution in [3.63, 3.8) is 0 Å². The minimum atomic E-state index is -0.0990. The summed E-state index contributed by atoms with van der Waals surface area (Å²) in [6.45, 7) is 1.88. The number of rotatable bonds is 4. The zero-order valence-corrected chi connectivity index (χ0v) is 11.1. The molecule has 0 atom stereocenters. The van der Waals surface area contributed by atoms with Gasteiger partial charge in [0, 0.05) is 5.56 Å². The van der Waals surface area contributed by atoms with E-state index >= 15 is 0 Å². The normalized spacial score (nSPS) is 10.7. The number of aliphatic hydroxyl groups is 1. The molecule has 0 unspecified atom stereocenters. The molecular formula is C13H15ClN2O2. The molecule has 0 amide bonds. The highest BCUT2D eigenvalue weighted by atomic mass is 35.5. The van der Waals surface area contributed by atoms with Crippen LogP contribution in [0.1, 0.15) is 18.2 Å². The van der Waals surface area contributed by atoms with Gasteiger partial charge in [-0.05, 0) is 30.7 Å². The number of aliphatic hydroxyl groups excluding tert-OH is 1. The van der Waals surface area contributed by atoms with Crippen LogP contribution in [0.4, 0.5) is 0 Å². The van der Waals surface area contributed by atoms with Gasteiger partial charge >= 0.3 is 0 Å². The fraction of sp³-hybridized carbons (Fsp3) is 0.308. The van der Waals surface area contributed by atoms with E-state index in [-0.39, 0.29) is 6.61 Å². The smallest absolute Gasteiger partial charge is 0.138 e. The summed E-state index contributed by atoms with van der Waals surface area (Å²) in [6, 6.07) is 7.44. The molecule has 0 aliphatic carbocycles. The Morgan fingerprint density at radius 3 is 2.44 bits per heavy atom. The van der Waals surface area contributed by atoms with Gasteiger partial charge in [0.15, 0.2) is 0 Å². The fourth-order valence-corrected chi connectivity index (χ4v) is 2.11. The molecule has 0 fully saturated rings. The van der Waals surface area contributed by atoms with Crippen LogP contribution in [0.5, 0.6) is 5.75 Å². The molecular weight excluding hydrogens is 252 g/mol. The van der Waals surface area contributed by atoms with Gasteiger partial charge in [-0.1, -0.05) is 18.5 Å². The molecule has 1 N–H and O–H groups in total. The summed E-state index contributed by atoms with van der Waals surface area (Å²) in [5.74, 6) is 0.778. The summed E-state index contributed by atoms with van der Waals surface area (Å²) in [7, 11) is 1.62. The second kappa shape index (κ2) is 5.42. The number of hydrogen-bond acceptors (Lipinski definition) is 3. The van der Waals surface area contributed by atoms with Crippen LogP contribution in [0.3, 0.4) is 0 Å². The minimum absolute atomic E-state index is 0.0990. The quantitative estimate of drug-likeness (QED) is 0.925. The number of halogens is 1. The van der Waals surface area contributed by atoms with Gasteiger partial charge < -0.3 is 9.84 Å². The Hall–Kier alpha value is -1.52. The van der Waals surface area contributed by atoms with Crippen LogP contribution < -0.4 is 4.74 Å². The topological polar surface area (TPSA) is 47.3 Å². The van der Waals surface area contributed by atoms with E-state index in [0.29, 0.717) is 10.7 Å². The first kappa shape index (κ1) is 12.9. The molecule has 1 heterocycles. The van der Waals surface area contributed by atoms with E-state index < -0.39 is 0 Å². The first-order valence-corrected chi connectivity index (χ1v) is 6.10. The van der Waals surface area contributed by atoms with Gasteiger partial charge in [-0.3, -0.25) is 0 Å². The number of ether oxygens (including phenoxy) is 1. The third-order valence-corrected chi connectivity index (χ3v) is 3.20. The maximum atomic E-state index is 9.32. The number of aryl methyl sites for hydroxylation is 1. The van der Waals surface area contributed by atoms with Crippen LogP contribution in [-0.4, -0.2) is 22.0 Å². The molecule has 0 aliphatic heterocycles. The van der Waals surface area contributed by atoms with E-state index in [1.54, 1.807) is 11.8 Å². The van der Waals surface area contributed by atoms with E-state index in [1.165, 1.54) is 0 Å². The fourth-order valence-electron chi connectivity index (χ4n) is 1.81. The lowest BCUT2D eigenvalue weighted by molar-refractivity contribution is 0.281. The maximum absolute atomic E-state index is 9.32. The van der Waals surface area contributed by atoms with Crippen molar-refractivity contribution in [3.05, 3.63) is 40.7 Å². The molecule has 0 bridgehead atoms. The number of methoxy groups -OCH3 is 1. The molecule has 0 saturated carbocycles. The Bertz CT molecular complexity index is 535. The Labute approximate surface area is 111 Å². The van der Waals surface area contributed by atoms with Crippen molar-refractivity contribution in [2.45, 2.75) is 20.0 Å². The Kier molecular flexibility index (Phi) is 3.89. The molecule has 1 aromatic carbocycles. The number of hydrogen-bond donors (Lipinski definition) is 1. The predicted molar refractivity (Wildman–Crippen MR) is 70.4 cm³/mol. The molecule has 0 radical (unpaired) electrons. The molecule has 0 spiro atoms. The van der Waals surface area contributed by atoms with Crippen molar-refractivity contribution < 1.29 is 9.84 Å². The molecule has 2 aromatic rings.